The molecule has 31 heavy (non-hydrogen) atoms. The first-order valence-corrected chi connectivity index (χ1v) is 13.0. The molecule has 0 spiro atoms. The molecule has 0 saturated heterocycles. The molecular weight excluding hydrogens is 408 g/mol. The van der Waals surface area contributed by atoms with Gasteiger partial charge in [-0.1, -0.05) is 51.0 Å². The average molecular weight is 446 g/mol. The maximum absolute atomic E-state index is 10.8. The second kappa shape index (κ2) is 13.3. The van der Waals surface area contributed by atoms with Gasteiger partial charge in [-0.15, -0.1) is 0 Å². The lowest BCUT2D eigenvalue weighted by molar-refractivity contribution is -0.697. The lowest BCUT2D eigenvalue weighted by Crippen LogP contribution is -2.32. The molecule has 0 amide bonds. The minimum absolute atomic E-state index is 0.178. The SMILES string of the molecule is CCCCN(CCCC)c1ccc(/C=C/c2cc[n+](CCCCS(=O)(=O)O)cc2)cc1. The first-order valence-electron chi connectivity index (χ1n) is 11.4. The molecule has 170 valence electrons. The quantitative estimate of drug-likeness (QED) is 0.246. The molecule has 0 aliphatic rings. The number of pyridine rings is 1. The molecular formula is C25H37N2O3S+. The van der Waals surface area contributed by atoms with Crippen LogP contribution < -0.4 is 9.47 Å². The molecule has 1 N–H and O–H groups in total. The predicted molar refractivity (Wildman–Crippen MR) is 130 cm³/mol. The van der Waals surface area contributed by atoms with Crippen molar-refractivity contribution in [3.63, 3.8) is 0 Å². The van der Waals surface area contributed by atoms with Crippen molar-refractivity contribution in [1.82, 2.24) is 0 Å². The van der Waals surface area contributed by atoms with Gasteiger partial charge >= 0.3 is 0 Å². The maximum Gasteiger partial charge on any atom is 0.264 e. The third kappa shape index (κ3) is 10.1. The highest BCUT2D eigenvalue weighted by Gasteiger charge is 2.07. The van der Waals surface area contributed by atoms with Gasteiger partial charge in [0.2, 0.25) is 0 Å². The van der Waals surface area contributed by atoms with Crippen LogP contribution in [0.15, 0.2) is 48.8 Å². The van der Waals surface area contributed by atoms with Crippen LogP contribution in [0.2, 0.25) is 0 Å². The van der Waals surface area contributed by atoms with Gasteiger partial charge in [0.1, 0.15) is 6.54 Å². The molecule has 1 aromatic carbocycles. The number of nitrogens with zero attached hydrogens (tertiary/aromatic N) is 2. The summed E-state index contributed by atoms with van der Waals surface area (Å²) < 4.78 is 32.3. The van der Waals surface area contributed by atoms with Gasteiger partial charge in [0.05, 0.1) is 5.75 Å². The van der Waals surface area contributed by atoms with Gasteiger partial charge in [-0.25, -0.2) is 4.57 Å². The zero-order valence-corrected chi connectivity index (χ0v) is 19.7. The molecule has 6 heteroatoms. The van der Waals surface area contributed by atoms with Crippen molar-refractivity contribution in [2.45, 2.75) is 58.9 Å². The molecule has 0 aliphatic carbocycles. The first kappa shape index (κ1) is 25.1. The third-order valence-electron chi connectivity index (χ3n) is 5.28. The number of hydrogen-bond donors (Lipinski definition) is 1. The van der Waals surface area contributed by atoms with Crippen molar-refractivity contribution in [3.8, 4) is 0 Å². The van der Waals surface area contributed by atoms with Crippen molar-refractivity contribution >= 4 is 28.0 Å². The maximum atomic E-state index is 10.8. The summed E-state index contributed by atoms with van der Waals surface area (Å²) in [7, 11) is -3.86. The molecule has 0 radical (unpaired) electrons. The Kier molecular flexibility index (Phi) is 10.7. The van der Waals surface area contributed by atoms with Crippen LogP contribution in [0.3, 0.4) is 0 Å². The van der Waals surface area contributed by atoms with Crippen molar-refractivity contribution in [3.05, 3.63) is 59.9 Å². The fraction of sp³-hybridized carbons (Fsp3) is 0.480. The van der Waals surface area contributed by atoms with Gasteiger partial charge in [-0.3, -0.25) is 4.55 Å². The van der Waals surface area contributed by atoms with E-state index in [0.29, 0.717) is 12.8 Å². The Morgan fingerprint density at radius 3 is 1.90 bits per heavy atom. The van der Waals surface area contributed by atoms with Crippen molar-refractivity contribution in [2.75, 3.05) is 23.7 Å². The third-order valence-corrected chi connectivity index (χ3v) is 6.08. The summed E-state index contributed by atoms with van der Waals surface area (Å²) in [6.45, 7) is 7.44. The molecule has 2 rings (SSSR count). The summed E-state index contributed by atoms with van der Waals surface area (Å²) >= 11 is 0. The molecule has 0 bridgehead atoms. The van der Waals surface area contributed by atoms with E-state index in [2.05, 4.69) is 55.2 Å². The summed E-state index contributed by atoms with van der Waals surface area (Å²) in [5.74, 6) is -0.178. The minimum Gasteiger partial charge on any atom is -0.372 e. The zero-order chi connectivity index (χ0) is 22.5. The van der Waals surface area contributed by atoms with Crippen LogP contribution in [-0.4, -0.2) is 31.8 Å². The Morgan fingerprint density at radius 1 is 0.839 bits per heavy atom. The Balaban J connectivity index is 1.89. The van der Waals surface area contributed by atoms with Crippen LogP contribution in [0.5, 0.6) is 0 Å². The van der Waals surface area contributed by atoms with E-state index in [1.807, 2.05) is 29.1 Å². The van der Waals surface area contributed by atoms with Crippen LogP contribution in [0.1, 0.15) is 63.5 Å². The first-order chi connectivity index (χ1) is 14.9. The highest BCUT2D eigenvalue weighted by Crippen LogP contribution is 2.18. The van der Waals surface area contributed by atoms with Crippen LogP contribution in [0, 0.1) is 0 Å². The lowest BCUT2D eigenvalue weighted by Gasteiger charge is -2.24. The predicted octanol–water partition coefficient (Wildman–Crippen LogP) is 5.22. The van der Waals surface area contributed by atoms with Gasteiger partial charge in [-0.2, -0.15) is 8.42 Å². The zero-order valence-electron chi connectivity index (χ0n) is 18.9. The van der Waals surface area contributed by atoms with E-state index in [4.69, 9.17) is 4.55 Å². The molecule has 1 heterocycles. The highest BCUT2D eigenvalue weighted by molar-refractivity contribution is 7.85. The van der Waals surface area contributed by atoms with Gasteiger partial charge in [0.25, 0.3) is 10.1 Å². The second-order valence-electron chi connectivity index (χ2n) is 7.98. The number of hydrogen-bond acceptors (Lipinski definition) is 3. The van der Waals surface area contributed by atoms with E-state index in [1.165, 1.54) is 36.9 Å². The fourth-order valence-electron chi connectivity index (χ4n) is 3.36. The summed E-state index contributed by atoms with van der Waals surface area (Å²) in [5, 5.41) is 0. The Bertz CT molecular complexity index is 883. The smallest absolute Gasteiger partial charge is 0.264 e. The van der Waals surface area contributed by atoms with Crippen LogP contribution >= 0.6 is 0 Å². The van der Waals surface area contributed by atoms with Gasteiger partial charge in [-0.05, 0) is 42.5 Å². The van der Waals surface area contributed by atoms with Crippen molar-refractivity contribution in [2.24, 2.45) is 0 Å². The molecule has 0 fully saturated rings. The summed E-state index contributed by atoms with van der Waals surface area (Å²) in [4.78, 5) is 2.49. The highest BCUT2D eigenvalue weighted by atomic mass is 32.2. The van der Waals surface area contributed by atoms with E-state index in [1.54, 1.807) is 0 Å². The largest absolute Gasteiger partial charge is 0.372 e. The van der Waals surface area contributed by atoms with Crippen LogP contribution in [0.25, 0.3) is 12.2 Å². The number of benzene rings is 1. The van der Waals surface area contributed by atoms with Gasteiger partial charge in [0, 0.05) is 37.3 Å². The molecule has 0 atom stereocenters. The number of rotatable bonds is 14. The molecule has 0 unspecified atom stereocenters. The van der Waals surface area contributed by atoms with E-state index in [0.717, 1.165) is 25.2 Å². The van der Waals surface area contributed by atoms with E-state index < -0.39 is 10.1 Å². The summed E-state index contributed by atoms with van der Waals surface area (Å²) in [5.41, 5.74) is 3.59. The number of aryl methyl sites for hydroxylation is 1. The van der Waals surface area contributed by atoms with Gasteiger partial charge < -0.3 is 4.90 Å². The van der Waals surface area contributed by atoms with Crippen molar-refractivity contribution < 1.29 is 17.5 Å². The van der Waals surface area contributed by atoms with Crippen molar-refractivity contribution in [1.29, 1.82) is 0 Å². The lowest BCUT2D eigenvalue weighted by atomic mass is 10.1. The van der Waals surface area contributed by atoms with Gasteiger partial charge in [0.15, 0.2) is 12.4 Å². The Morgan fingerprint density at radius 2 is 1.39 bits per heavy atom. The molecule has 1 aromatic heterocycles. The molecule has 0 saturated carbocycles. The molecule has 2 aromatic rings. The van der Waals surface area contributed by atoms with Crippen LogP contribution in [-0.2, 0) is 16.7 Å². The molecule has 0 aliphatic heterocycles. The summed E-state index contributed by atoms with van der Waals surface area (Å²) in [6.07, 6.45) is 14.3. The van der Waals surface area contributed by atoms with E-state index in [-0.39, 0.29) is 5.75 Å². The fourth-order valence-corrected chi connectivity index (χ4v) is 3.93. The van der Waals surface area contributed by atoms with E-state index >= 15 is 0 Å². The summed E-state index contributed by atoms with van der Waals surface area (Å²) in [6, 6.07) is 12.9. The molecule has 5 nitrogen and oxygen atoms in total. The Hall–Kier alpha value is -2.18. The number of aromatic nitrogens is 1. The second-order valence-corrected chi connectivity index (χ2v) is 9.55. The topological polar surface area (TPSA) is 61.5 Å². The van der Waals surface area contributed by atoms with Crippen LogP contribution in [0.4, 0.5) is 5.69 Å². The number of anilines is 1. The van der Waals surface area contributed by atoms with E-state index in [9.17, 15) is 8.42 Å². The average Bonchev–Trinajstić information content (AvgIpc) is 2.76. The Labute approximate surface area is 188 Å². The standard InChI is InChI=1S/C25H36N2O3S/c1-3-5-18-27(19-6-4-2)25-13-11-23(12-14-25)9-10-24-15-20-26(21-16-24)17-7-8-22-31(28,29)30/h9-16,20-21H,3-8,17-19,22H2,1-2H3/p+1. The normalized spacial score (nSPS) is 11.8. The minimum atomic E-state index is -3.86. The monoisotopic (exact) mass is 445 g/mol. The number of unbranched alkanes of at least 4 members (excludes halogenated alkanes) is 3.